The maximum absolute atomic E-state index is 12.2. The van der Waals surface area contributed by atoms with Crippen LogP contribution in [-0.4, -0.2) is 35.6 Å². The number of thioether (sulfide) groups is 1. The standard InChI is InChI=1S/C21H24N2O2S/c24-20(16-26-15-18-9-5-2-6-10-18)22-12-19-11-21(25)23(14-19)13-17-7-3-1-4-8-17/h1-10,19H,11-16H2,(H,22,24). The third-order valence-electron chi connectivity index (χ3n) is 4.44. The van der Waals surface area contributed by atoms with Crippen molar-refractivity contribution < 1.29 is 9.59 Å². The summed E-state index contributed by atoms with van der Waals surface area (Å²) in [7, 11) is 0. The maximum atomic E-state index is 12.2. The Hall–Kier alpha value is -2.27. The van der Waals surface area contributed by atoms with Crippen molar-refractivity contribution in [3.05, 3.63) is 71.8 Å². The van der Waals surface area contributed by atoms with E-state index in [2.05, 4.69) is 17.4 Å². The fraction of sp³-hybridized carbons (Fsp3) is 0.333. The Morgan fingerprint density at radius 3 is 2.38 bits per heavy atom. The topological polar surface area (TPSA) is 49.4 Å². The third kappa shape index (κ3) is 5.63. The average molecular weight is 369 g/mol. The predicted molar refractivity (Wildman–Crippen MR) is 106 cm³/mol. The largest absolute Gasteiger partial charge is 0.355 e. The van der Waals surface area contributed by atoms with Crippen LogP contribution in [-0.2, 0) is 21.9 Å². The van der Waals surface area contributed by atoms with Crippen molar-refractivity contribution in [1.82, 2.24) is 10.2 Å². The molecule has 1 fully saturated rings. The second kappa shape index (κ2) is 9.43. The van der Waals surface area contributed by atoms with Crippen LogP contribution in [0.2, 0.25) is 0 Å². The number of rotatable bonds is 8. The van der Waals surface area contributed by atoms with E-state index in [-0.39, 0.29) is 17.7 Å². The van der Waals surface area contributed by atoms with Gasteiger partial charge in [-0.1, -0.05) is 60.7 Å². The molecule has 1 heterocycles. The third-order valence-corrected chi connectivity index (χ3v) is 5.45. The molecule has 4 nitrogen and oxygen atoms in total. The number of carbonyl (C=O) groups is 2. The van der Waals surface area contributed by atoms with Crippen molar-refractivity contribution in [2.75, 3.05) is 18.8 Å². The van der Waals surface area contributed by atoms with Gasteiger partial charge in [-0.05, 0) is 11.1 Å². The monoisotopic (exact) mass is 368 g/mol. The van der Waals surface area contributed by atoms with Crippen molar-refractivity contribution in [3.63, 3.8) is 0 Å². The molecule has 0 aromatic heterocycles. The van der Waals surface area contributed by atoms with Crippen molar-refractivity contribution >= 4 is 23.6 Å². The molecule has 0 saturated carbocycles. The van der Waals surface area contributed by atoms with Crippen molar-refractivity contribution in [2.45, 2.75) is 18.7 Å². The van der Waals surface area contributed by atoms with Gasteiger partial charge in [0.1, 0.15) is 0 Å². The zero-order valence-electron chi connectivity index (χ0n) is 14.8. The van der Waals surface area contributed by atoms with E-state index in [1.54, 1.807) is 11.8 Å². The van der Waals surface area contributed by atoms with Crippen molar-refractivity contribution in [1.29, 1.82) is 0 Å². The zero-order valence-corrected chi connectivity index (χ0v) is 15.6. The Bertz CT molecular complexity index is 721. The first-order valence-corrected chi connectivity index (χ1v) is 10.1. The van der Waals surface area contributed by atoms with E-state index < -0.39 is 0 Å². The summed E-state index contributed by atoms with van der Waals surface area (Å²) in [5.41, 5.74) is 2.37. The summed E-state index contributed by atoms with van der Waals surface area (Å²) in [4.78, 5) is 26.1. The summed E-state index contributed by atoms with van der Waals surface area (Å²) in [6.07, 6.45) is 0.518. The molecule has 1 atom stereocenters. The molecular weight excluding hydrogens is 344 g/mol. The smallest absolute Gasteiger partial charge is 0.230 e. The van der Waals surface area contributed by atoms with Gasteiger partial charge in [0.25, 0.3) is 0 Å². The van der Waals surface area contributed by atoms with Gasteiger partial charge in [0.2, 0.25) is 11.8 Å². The molecule has 1 aliphatic heterocycles. The first kappa shape index (κ1) is 18.5. The normalized spacial score (nSPS) is 16.7. The van der Waals surface area contributed by atoms with Crippen molar-refractivity contribution in [3.8, 4) is 0 Å². The molecule has 2 aromatic carbocycles. The Morgan fingerprint density at radius 1 is 1.04 bits per heavy atom. The first-order valence-electron chi connectivity index (χ1n) is 8.91. The van der Waals surface area contributed by atoms with Crippen molar-refractivity contribution in [2.24, 2.45) is 5.92 Å². The lowest BCUT2D eigenvalue weighted by molar-refractivity contribution is -0.128. The van der Waals surface area contributed by atoms with E-state index in [0.717, 1.165) is 11.3 Å². The van der Waals surface area contributed by atoms with Crippen LogP contribution in [0.3, 0.4) is 0 Å². The number of hydrogen-bond donors (Lipinski definition) is 1. The molecule has 0 bridgehead atoms. The van der Waals surface area contributed by atoms with E-state index in [9.17, 15) is 9.59 Å². The van der Waals surface area contributed by atoms with Crippen LogP contribution in [0, 0.1) is 5.92 Å². The Balaban J connectivity index is 1.35. The molecule has 1 aliphatic rings. The summed E-state index contributed by atoms with van der Waals surface area (Å²) in [5, 5.41) is 2.98. The van der Waals surface area contributed by atoms with Crippen LogP contribution in [0.4, 0.5) is 0 Å². The van der Waals surface area contributed by atoms with Gasteiger partial charge in [0.15, 0.2) is 0 Å². The van der Waals surface area contributed by atoms with Crippen LogP contribution in [0.15, 0.2) is 60.7 Å². The minimum Gasteiger partial charge on any atom is -0.355 e. The number of likely N-dealkylation sites (tertiary alicyclic amines) is 1. The lowest BCUT2D eigenvalue weighted by Crippen LogP contribution is -2.32. The van der Waals surface area contributed by atoms with E-state index in [1.807, 2.05) is 53.4 Å². The predicted octanol–water partition coefficient (Wildman–Crippen LogP) is 3.08. The lowest BCUT2D eigenvalue weighted by Gasteiger charge is -2.17. The molecule has 136 valence electrons. The molecule has 2 aromatic rings. The van der Waals surface area contributed by atoms with Gasteiger partial charge in [-0.2, -0.15) is 0 Å². The van der Waals surface area contributed by atoms with Gasteiger partial charge in [0, 0.05) is 37.7 Å². The fourth-order valence-corrected chi connectivity index (χ4v) is 3.91. The highest BCUT2D eigenvalue weighted by Crippen LogP contribution is 2.19. The number of amides is 2. The molecule has 0 radical (unpaired) electrons. The maximum Gasteiger partial charge on any atom is 0.230 e. The molecule has 0 spiro atoms. The molecule has 2 amide bonds. The highest BCUT2D eigenvalue weighted by Gasteiger charge is 2.29. The number of hydrogen-bond acceptors (Lipinski definition) is 3. The van der Waals surface area contributed by atoms with E-state index in [1.165, 1.54) is 5.56 Å². The Morgan fingerprint density at radius 2 is 1.69 bits per heavy atom. The highest BCUT2D eigenvalue weighted by molar-refractivity contribution is 7.99. The van der Waals surface area contributed by atoms with Crippen LogP contribution in [0.25, 0.3) is 0 Å². The second-order valence-corrected chi connectivity index (χ2v) is 7.60. The van der Waals surface area contributed by atoms with Gasteiger partial charge in [-0.3, -0.25) is 9.59 Å². The van der Waals surface area contributed by atoms with E-state index >= 15 is 0 Å². The average Bonchev–Trinajstić information content (AvgIpc) is 3.01. The lowest BCUT2D eigenvalue weighted by atomic mass is 10.1. The number of nitrogens with one attached hydrogen (secondary N) is 1. The van der Waals surface area contributed by atoms with Gasteiger partial charge in [-0.25, -0.2) is 0 Å². The zero-order chi connectivity index (χ0) is 18.2. The summed E-state index contributed by atoms with van der Waals surface area (Å²) in [6.45, 7) is 1.93. The molecular formula is C21H24N2O2S. The molecule has 5 heteroatoms. The molecule has 3 rings (SSSR count). The Labute approximate surface area is 159 Å². The molecule has 0 aliphatic carbocycles. The minimum atomic E-state index is 0.0416. The fourth-order valence-electron chi connectivity index (χ4n) is 3.09. The van der Waals surface area contributed by atoms with E-state index in [4.69, 9.17) is 0 Å². The van der Waals surface area contributed by atoms with Crippen LogP contribution in [0.1, 0.15) is 17.5 Å². The summed E-state index contributed by atoms with van der Waals surface area (Å²) < 4.78 is 0. The van der Waals surface area contributed by atoms with Crippen LogP contribution >= 0.6 is 11.8 Å². The number of benzene rings is 2. The molecule has 1 N–H and O–H groups in total. The molecule has 1 saturated heterocycles. The number of carbonyl (C=O) groups excluding carboxylic acids is 2. The quantitative estimate of drug-likeness (QED) is 0.779. The summed E-state index contributed by atoms with van der Waals surface area (Å²) in [6, 6.07) is 20.2. The van der Waals surface area contributed by atoms with Gasteiger partial charge >= 0.3 is 0 Å². The SMILES string of the molecule is O=C(CSCc1ccccc1)NCC1CC(=O)N(Cc2ccccc2)C1. The molecule has 26 heavy (non-hydrogen) atoms. The van der Waals surface area contributed by atoms with Crippen LogP contribution in [0.5, 0.6) is 0 Å². The minimum absolute atomic E-state index is 0.0416. The van der Waals surface area contributed by atoms with Gasteiger partial charge in [-0.15, -0.1) is 11.8 Å². The van der Waals surface area contributed by atoms with E-state index in [0.29, 0.717) is 31.8 Å². The van der Waals surface area contributed by atoms with Gasteiger partial charge in [0.05, 0.1) is 5.75 Å². The van der Waals surface area contributed by atoms with Gasteiger partial charge < -0.3 is 10.2 Å². The highest BCUT2D eigenvalue weighted by atomic mass is 32.2. The summed E-state index contributed by atoms with van der Waals surface area (Å²) >= 11 is 1.61. The van der Waals surface area contributed by atoms with Crippen LogP contribution < -0.4 is 5.32 Å². The molecule has 1 unspecified atom stereocenters. The summed E-state index contributed by atoms with van der Waals surface area (Å²) in [5.74, 6) is 1.70. The second-order valence-electron chi connectivity index (χ2n) is 6.61. The first-order chi connectivity index (χ1) is 12.7. The number of nitrogens with zero attached hydrogens (tertiary/aromatic N) is 1. The Kier molecular flexibility index (Phi) is 6.72.